The first kappa shape index (κ1) is 16.1. The summed E-state index contributed by atoms with van der Waals surface area (Å²) in [6, 6.07) is 0. The van der Waals surface area contributed by atoms with E-state index in [9.17, 15) is 22.8 Å². The topological polar surface area (TPSA) is 60.9 Å². The third kappa shape index (κ3) is 4.33. The van der Waals surface area contributed by atoms with Crippen LogP contribution < -0.4 is 0 Å². The Bertz CT molecular complexity index is 406. The van der Waals surface area contributed by atoms with Crippen LogP contribution in [-0.2, 0) is 9.59 Å². The number of carboxylic acid groups (broad SMARTS) is 1. The lowest BCUT2D eigenvalue weighted by molar-refractivity contribution is -0.152. The van der Waals surface area contributed by atoms with Crippen molar-refractivity contribution in [3.05, 3.63) is 0 Å². The predicted molar refractivity (Wildman–Crippen MR) is 67.5 cm³/mol. The number of hydrogen-bond donors (Lipinski definition) is 1. The SMILES string of the molecule is O=C(O)[C@H]1CC[C@@H](C(=O)N2CCN(CC(F)(F)F)CC2)C1. The van der Waals surface area contributed by atoms with Crippen LogP contribution in [0, 0.1) is 11.8 Å². The molecule has 2 aliphatic rings. The van der Waals surface area contributed by atoms with Gasteiger partial charge in [-0.15, -0.1) is 0 Å². The molecule has 0 aromatic rings. The molecule has 1 saturated heterocycles. The zero-order valence-corrected chi connectivity index (χ0v) is 11.6. The lowest BCUT2D eigenvalue weighted by Crippen LogP contribution is -2.52. The third-order valence-corrected chi connectivity index (χ3v) is 4.22. The Morgan fingerprint density at radius 2 is 1.62 bits per heavy atom. The molecule has 2 atom stereocenters. The summed E-state index contributed by atoms with van der Waals surface area (Å²) in [6.45, 7) is 0.0342. The van der Waals surface area contributed by atoms with E-state index in [1.165, 1.54) is 4.90 Å². The highest BCUT2D eigenvalue weighted by atomic mass is 19.4. The second kappa shape index (κ2) is 6.21. The summed E-state index contributed by atoms with van der Waals surface area (Å²) in [4.78, 5) is 26.0. The molecule has 2 rings (SSSR count). The summed E-state index contributed by atoms with van der Waals surface area (Å²) in [5.74, 6) is -1.74. The van der Waals surface area contributed by atoms with Crippen LogP contribution in [0.15, 0.2) is 0 Å². The highest BCUT2D eigenvalue weighted by Gasteiger charge is 2.37. The maximum atomic E-state index is 12.3. The Kier molecular flexibility index (Phi) is 4.75. The summed E-state index contributed by atoms with van der Waals surface area (Å²) < 4.78 is 36.8. The second-order valence-electron chi connectivity index (χ2n) is 5.76. The number of aliphatic carboxylic acids is 1. The van der Waals surface area contributed by atoms with Gasteiger partial charge in [-0.25, -0.2) is 0 Å². The number of amides is 1. The molecule has 0 bridgehead atoms. The minimum atomic E-state index is -4.22. The van der Waals surface area contributed by atoms with E-state index in [-0.39, 0.29) is 38.0 Å². The van der Waals surface area contributed by atoms with Crippen molar-refractivity contribution in [1.82, 2.24) is 9.80 Å². The van der Waals surface area contributed by atoms with Gasteiger partial charge in [-0.05, 0) is 19.3 Å². The van der Waals surface area contributed by atoms with E-state index in [2.05, 4.69) is 0 Å². The van der Waals surface area contributed by atoms with Crippen molar-refractivity contribution in [2.24, 2.45) is 11.8 Å². The molecule has 0 radical (unpaired) electrons. The zero-order chi connectivity index (χ0) is 15.6. The highest BCUT2D eigenvalue weighted by Crippen LogP contribution is 2.32. The van der Waals surface area contributed by atoms with Gasteiger partial charge in [0.25, 0.3) is 0 Å². The number of carbonyl (C=O) groups is 2. The third-order valence-electron chi connectivity index (χ3n) is 4.22. The largest absolute Gasteiger partial charge is 0.481 e. The van der Waals surface area contributed by atoms with Crippen LogP contribution in [0.25, 0.3) is 0 Å². The van der Waals surface area contributed by atoms with Gasteiger partial charge in [0, 0.05) is 32.1 Å². The Hall–Kier alpha value is -1.31. The minimum absolute atomic E-state index is 0.106. The molecular formula is C13H19F3N2O3. The smallest absolute Gasteiger partial charge is 0.401 e. The van der Waals surface area contributed by atoms with E-state index >= 15 is 0 Å². The molecule has 21 heavy (non-hydrogen) atoms. The molecule has 5 nitrogen and oxygen atoms in total. The fourth-order valence-electron chi connectivity index (χ4n) is 3.07. The first-order valence-electron chi connectivity index (χ1n) is 7.07. The van der Waals surface area contributed by atoms with Crippen molar-refractivity contribution in [3.8, 4) is 0 Å². The molecule has 2 fully saturated rings. The zero-order valence-electron chi connectivity index (χ0n) is 11.6. The Morgan fingerprint density at radius 1 is 1.05 bits per heavy atom. The number of hydrogen-bond acceptors (Lipinski definition) is 3. The summed E-state index contributed by atoms with van der Waals surface area (Å²) in [5, 5.41) is 8.93. The molecule has 1 heterocycles. The molecule has 0 aromatic carbocycles. The fourth-order valence-corrected chi connectivity index (χ4v) is 3.07. The van der Waals surface area contributed by atoms with Crippen molar-refractivity contribution in [2.75, 3.05) is 32.7 Å². The number of nitrogens with zero attached hydrogens (tertiary/aromatic N) is 2. The van der Waals surface area contributed by atoms with Crippen LogP contribution in [0.1, 0.15) is 19.3 Å². The maximum absolute atomic E-state index is 12.3. The molecule has 120 valence electrons. The van der Waals surface area contributed by atoms with E-state index in [1.807, 2.05) is 0 Å². The standard InChI is InChI=1S/C13H19F3N2O3/c14-13(15,16)8-17-3-5-18(6-4-17)11(19)9-1-2-10(7-9)12(20)21/h9-10H,1-8H2,(H,20,21)/t9-,10+/m1/s1. The number of halogens is 3. The van der Waals surface area contributed by atoms with Gasteiger partial charge in [-0.2, -0.15) is 13.2 Å². The molecular weight excluding hydrogens is 289 g/mol. The van der Waals surface area contributed by atoms with Crippen molar-refractivity contribution < 1.29 is 27.9 Å². The van der Waals surface area contributed by atoms with E-state index in [1.54, 1.807) is 4.90 Å². The number of alkyl halides is 3. The van der Waals surface area contributed by atoms with Gasteiger partial charge in [0.2, 0.25) is 5.91 Å². The molecule has 0 spiro atoms. The Morgan fingerprint density at radius 3 is 2.10 bits per heavy atom. The molecule has 1 aliphatic heterocycles. The predicted octanol–water partition coefficient (Wildman–Crippen LogP) is 1.19. The summed E-state index contributed by atoms with van der Waals surface area (Å²) >= 11 is 0. The van der Waals surface area contributed by atoms with Crippen LogP contribution in [-0.4, -0.2) is 65.7 Å². The van der Waals surface area contributed by atoms with Crippen LogP contribution in [0.2, 0.25) is 0 Å². The van der Waals surface area contributed by atoms with Gasteiger partial charge in [-0.3, -0.25) is 14.5 Å². The Balaban J connectivity index is 1.80. The number of carbonyl (C=O) groups excluding carboxylic acids is 1. The first-order valence-corrected chi connectivity index (χ1v) is 7.07. The quantitative estimate of drug-likeness (QED) is 0.851. The van der Waals surface area contributed by atoms with E-state index < -0.39 is 24.6 Å². The summed E-state index contributed by atoms with van der Waals surface area (Å²) in [6.07, 6.45) is -2.82. The van der Waals surface area contributed by atoms with Crippen LogP contribution >= 0.6 is 0 Å². The molecule has 1 amide bonds. The molecule has 0 unspecified atom stereocenters. The molecule has 1 N–H and O–H groups in total. The lowest BCUT2D eigenvalue weighted by Gasteiger charge is -2.36. The maximum Gasteiger partial charge on any atom is 0.401 e. The summed E-state index contributed by atoms with van der Waals surface area (Å²) in [7, 11) is 0. The van der Waals surface area contributed by atoms with Crippen molar-refractivity contribution in [2.45, 2.75) is 25.4 Å². The number of carboxylic acids is 1. The van der Waals surface area contributed by atoms with Gasteiger partial charge in [0.15, 0.2) is 0 Å². The normalized spacial score (nSPS) is 27.9. The van der Waals surface area contributed by atoms with Gasteiger partial charge in [0.05, 0.1) is 12.5 Å². The lowest BCUT2D eigenvalue weighted by atomic mass is 10.0. The highest BCUT2D eigenvalue weighted by molar-refractivity contribution is 5.81. The van der Waals surface area contributed by atoms with Crippen molar-refractivity contribution in [1.29, 1.82) is 0 Å². The van der Waals surface area contributed by atoms with Crippen LogP contribution in [0.5, 0.6) is 0 Å². The van der Waals surface area contributed by atoms with Gasteiger partial charge in [-0.1, -0.05) is 0 Å². The second-order valence-corrected chi connectivity index (χ2v) is 5.76. The first-order chi connectivity index (χ1) is 9.76. The van der Waals surface area contributed by atoms with Crippen LogP contribution in [0.4, 0.5) is 13.2 Å². The van der Waals surface area contributed by atoms with Crippen molar-refractivity contribution >= 4 is 11.9 Å². The number of rotatable bonds is 3. The minimum Gasteiger partial charge on any atom is -0.481 e. The fraction of sp³-hybridized carbons (Fsp3) is 0.846. The average Bonchev–Trinajstić information content (AvgIpc) is 2.86. The molecule has 8 heteroatoms. The average molecular weight is 308 g/mol. The van der Waals surface area contributed by atoms with E-state index in [0.29, 0.717) is 19.3 Å². The monoisotopic (exact) mass is 308 g/mol. The molecule has 1 aliphatic carbocycles. The number of piperazine rings is 1. The van der Waals surface area contributed by atoms with Crippen LogP contribution in [0.3, 0.4) is 0 Å². The van der Waals surface area contributed by atoms with E-state index in [4.69, 9.17) is 5.11 Å². The van der Waals surface area contributed by atoms with Gasteiger partial charge in [0.1, 0.15) is 0 Å². The van der Waals surface area contributed by atoms with Gasteiger partial charge < -0.3 is 10.0 Å². The van der Waals surface area contributed by atoms with Crippen molar-refractivity contribution in [3.63, 3.8) is 0 Å². The van der Waals surface area contributed by atoms with Gasteiger partial charge >= 0.3 is 12.1 Å². The molecule has 0 aromatic heterocycles. The summed E-state index contributed by atoms with van der Waals surface area (Å²) in [5.41, 5.74) is 0. The van der Waals surface area contributed by atoms with E-state index in [0.717, 1.165) is 0 Å². The molecule has 1 saturated carbocycles. The Labute approximate surface area is 120 Å².